The third-order valence-corrected chi connectivity index (χ3v) is 1.98. The molecule has 0 fully saturated rings. The van der Waals surface area contributed by atoms with E-state index in [0.717, 1.165) is 0 Å². The van der Waals surface area contributed by atoms with Gasteiger partial charge in [-0.15, -0.1) is 0 Å². The van der Waals surface area contributed by atoms with Gasteiger partial charge in [0.25, 0.3) is 0 Å². The predicted octanol–water partition coefficient (Wildman–Crippen LogP) is 1.04. The summed E-state index contributed by atoms with van der Waals surface area (Å²) in [4.78, 5) is 10.6. The van der Waals surface area contributed by atoms with Gasteiger partial charge >= 0.3 is 5.97 Å². The van der Waals surface area contributed by atoms with Gasteiger partial charge in [0, 0.05) is 0 Å². The zero-order valence-corrected chi connectivity index (χ0v) is 7.32. The minimum absolute atomic E-state index is 0.422. The fourth-order valence-corrected chi connectivity index (χ4v) is 1.01. The van der Waals surface area contributed by atoms with E-state index in [1.807, 2.05) is 0 Å². The van der Waals surface area contributed by atoms with Crippen molar-refractivity contribution in [3.8, 4) is 0 Å². The molecule has 1 rings (SSSR count). The minimum Gasteiger partial charge on any atom is -0.481 e. The maximum absolute atomic E-state index is 10.6. The van der Waals surface area contributed by atoms with Crippen LogP contribution < -0.4 is 11.5 Å². The Kier molecular flexibility index (Phi) is 2.41. The largest absolute Gasteiger partial charge is 0.481 e. The Morgan fingerprint density at radius 3 is 2.46 bits per heavy atom. The second-order valence-corrected chi connectivity index (χ2v) is 2.95. The molecule has 0 saturated carbocycles. The van der Waals surface area contributed by atoms with Crippen LogP contribution in [0.4, 0.5) is 11.4 Å². The third kappa shape index (κ3) is 1.90. The first-order valence-corrected chi connectivity index (χ1v) is 3.90. The van der Waals surface area contributed by atoms with Gasteiger partial charge in [-0.25, -0.2) is 0 Å². The number of benzene rings is 1. The van der Waals surface area contributed by atoms with Gasteiger partial charge in [0.15, 0.2) is 0 Å². The van der Waals surface area contributed by atoms with E-state index >= 15 is 0 Å². The van der Waals surface area contributed by atoms with Crippen LogP contribution in [0.3, 0.4) is 0 Å². The summed E-state index contributed by atoms with van der Waals surface area (Å²) in [5.74, 6) is -1.42. The summed E-state index contributed by atoms with van der Waals surface area (Å²) in [5, 5.41) is 8.72. The summed E-state index contributed by atoms with van der Waals surface area (Å²) in [6, 6.07) is 4.88. The molecule has 0 heterocycles. The number of carboxylic acids is 1. The van der Waals surface area contributed by atoms with Crippen LogP contribution in [0.25, 0.3) is 0 Å². The lowest BCUT2D eigenvalue weighted by atomic mass is 10.0. The molecule has 0 aromatic heterocycles. The van der Waals surface area contributed by atoms with Crippen LogP contribution in [0.15, 0.2) is 18.2 Å². The fraction of sp³-hybridized carbons (Fsp3) is 0.222. The number of anilines is 2. The molecule has 4 nitrogen and oxygen atoms in total. The molecule has 0 saturated heterocycles. The van der Waals surface area contributed by atoms with E-state index in [1.165, 1.54) is 0 Å². The summed E-state index contributed by atoms with van der Waals surface area (Å²) in [6.07, 6.45) is 0. The first kappa shape index (κ1) is 9.38. The number of nitrogen functional groups attached to an aromatic ring is 2. The van der Waals surface area contributed by atoms with Gasteiger partial charge in [0.1, 0.15) is 0 Å². The van der Waals surface area contributed by atoms with Crippen LogP contribution in [0, 0.1) is 0 Å². The number of carboxylic acid groups (broad SMARTS) is 1. The predicted molar refractivity (Wildman–Crippen MR) is 51.3 cm³/mol. The highest BCUT2D eigenvalue weighted by molar-refractivity contribution is 5.77. The SMILES string of the molecule is CC(C(=O)O)c1ccc(N)c(N)c1. The second kappa shape index (κ2) is 3.35. The Morgan fingerprint density at radius 2 is 2.00 bits per heavy atom. The summed E-state index contributed by atoms with van der Waals surface area (Å²) in [5.41, 5.74) is 12.6. The molecule has 0 bridgehead atoms. The van der Waals surface area contributed by atoms with E-state index in [0.29, 0.717) is 16.9 Å². The zero-order valence-electron chi connectivity index (χ0n) is 7.32. The van der Waals surface area contributed by atoms with Gasteiger partial charge in [0.05, 0.1) is 17.3 Å². The molecule has 13 heavy (non-hydrogen) atoms. The van der Waals surface area contributed by atoms with Crippen LogP contribution in [-0.2, 0) is 4.79 Å². The van der Waals surface area contributed by atoms with Crippen molar-refractivity contribution in [3.63, 3.8) is 0 Å². The summed E-state index contributed by atoms with van der Waals surface area (Å²) in [7, 11) is 0. The van der Waals surface area contributed by atoms with Crippen LogP contribution in [-0.4, -0.2) is 11.1 Å². The first-order chi connectivity index (χ1) is 6.02. The zero-order chi connectivity index (χ0) is 10.0. The Labute approximate surface area is 76.2 Å². The summed E-state index contributed by atoms with van der Waals surface area (Å²) in [6.45, 7) is 1.60. The lowest BCUT2D eigenvalue weighted by Crippen LogP contribution is -2.08. The average molecular weight is 180 g/mol. The molecule has 70 valence electrons. The topological polar surface area (TPSA) is 89.3 Å². The van der Waals surface area contributed by atoms with Crippen LogP contribution in [0.5, 0.6) is 0 Å². The monoisotopic (exact) mass is 180 g/mol. The van der Waals surface area contributed by atoms with Gasteiger partial charge in [0.2, 0.25) is 0 Å². The van der Waals surface area contributed by atoms with Gasteiger partial charge in [-0.05, 0) is 24.6 Å². The van der Waals surface area contributed by atoms with Crippen LogP contribution in [0.1, 0.15) is 18.4 Å². The molecule has 0 aliphatic carbocycles. The molecule has 1 unspecified atom stereocenters. The van der Waals surface area contributed by atoms with Crippen molar-refractivity contribution in [2.75, 3.05) is 11.5 Å². The highest BCUT2D eigenvalue weighted by atomic mass is 16.4. The average Bonchev–Trinajstić information content (AvgIpc) is 2.08. The summed E-state index contributed by atoms with van der Waals surface area (Å²) >= 11 is 0. The van der Waals surface area contributed by atoms with E-state index in [1.54, 1.807) is 25.1 Å². The number of hydrogen-bond donors (Lipinski definition) is 3. The van der Waals surface area contributed by atoms with Crippen LogP contribution >= 0.6 is 0 Å². The van der Waals surface area contributed by atoms with Crippen LogP contribution in [0.2, 0.25) is 0 Å². The molecule has 0 spiro atoms. The van der Waals surface area contributed by atoms with Gasteiger partial charge < -0.3 is 16.6 Å². The minimum atomic E-state index is -0.871. The molecule has 1 aromatic carbocycles. The first-order valence-electron chi connectivity index (χ1n) is 3.90. The maximum Gasteiger partial charge on any atom is 0.310 e. The number of carbonyl (C=O) groups is 1. The quantitative estimate of drug-likeness (QED) is 0.593. The molecule has 0 radical (unpaired) electrons. The molecule has 0 aliphatic rings. The molecule has 0 amide bonds. The smallest absolute Gasteiger partial charge is 0.310 e. The van der Waals surface area contributed by atoms with E-state index in [2.05, 4.69) is 0 Å². The van der Waals surface area contributed by atoms with Gasteiger partial charge in [-0.3, -0.25) is 4.79 Å². The third-order valence-electron chi connectivity index (χ3n) is 1.98. The van der Waals surface area contributed by atoms with Crippen molar-refractivity contribution in [2.24, 2.45) is 0 Å². The van der Waals surface area contributed by atoms with Crippen molar-refractivity contribution in [2.45, 2.75) is 12.8 Å². The normalized spacial score (nSPS) is 12.4. The Balaban J connectivity index is 3.03. The highest BCUT2D eigenvalue weighted by Gasteiger charge is 2.13. The highest BCUT2D eigenvalue weighted by Crippen LogP contribution is 2.22. The van der Waals surface area contributed by atoms with Crippen molar-refractivity contribution in [1.82, 2.24) is 0 Å². The molecule has 1 aromatic rings. The standard InChI is InChI=1S/C9H12N2O2/c1-5(9(12)13)6-2-3-7(10)8(11)4-6/h2-5H,10-11H2,1H3,(H,12,13). The van der Waals surface area contributed by atoms with E-state index in [9.17, 15) is 4.79 Å². The second-order valence-electron chi connectivity index (χ2n) is 2.95. The number of nitrogens with two attached hydrogens (primary N) is 2. The molecule has 5 N–H and O–H groups in total. The maximum atomic E-state index is 10.6. The molecular weight excluding hydrogens is 168 g/mol. The lowest BCUT2D eigenvalue weighted by Gasteiger charge is -2.08. The number of rotatable bonds is 2. The summed E-state index contributed by atoms with van der Waals surface area (Å²) < 4.78 is 0. The van der Waals surface area contributed by atoms with Crippen molar-refractivity contribution < 1.29 is 9.90 Å². The Morgan fingerprint density at radius 1 is 1.38 bits per heavy atom. The Hall–Kier alpha value is -1.71. The van der Waals surface area contributed by atoms with E-state index in [-0.39, 0.29) is 0 Å². The molecule has 0 aliphatic heterocycles. The van der Waals surface area contributed by atoms with E-state index < -0.39 is 11.9 Å². The van der Waals surface area contributed by atoms with Gasteiger partial charge in [-0.2, -0.15) is 0 Å². The molecular formula is C9H12N2O2. The van der Waals surface area contributed by atoms with E-state index in [4.69, 9.17) is 16.6 Å². The van der Waals surface area contributed by atoms with Crippen molar-refractivity contribution >= 4 is 17.3 Å². The molecule has 4 heteroatoms. The molecule has 1 atom stereocenters. The lowest BCUT2D eigenvalue weighted by molar-refractivity contribution is -0.138. The fourth-order valence-electron chi connectivity index (χ4n) is 1.01. The van der Waals surface area contributed by atoms with Crippen molar-refractivity contribution in [1.29, 1.82) is 0 Å². The van der Waals surface area contributed by atoms with Crippen molar-refractivity contribution in [3.05, 3.63) is 23.8 Å². The number of hydrogen-bond acceptors (Lipinski definition) is 3. The Bertz CT molecular complexity index is 336. The number of aliphatic carboxylic acids is 1. The van der Waals surface area contributed by atoms with Gasteiger partial charge in [-0.1, -0.05) is 6.07 Å².